The number of carbonyl (C=O) groups is 1. The number of aliphatic hydroxyl groups is 2. The number of aromatic nitrogens is 1. The number of aliphatic hydroxyl groups excluding tert-OH is 2. The molecule has 4 N–H and O–H groups in total. The first-order chi connectivity index (χ1) is 10.2. The molecule has 1 aliphatic heterocycles. The van der Waals surface area contributed by atoms with Gasteiger partial charge in [0.1, 0.15) is 17.8 Å². The van der Waals surface area contributed by atoms with Crippen LogP contribution in [0, 0.1) is 0 Å². The first kappa shape index (κ1) is 17.0. The van der Waals surface area contributed by atoms with Crippen molar-refractivity contribution in [2.45, 2.75) is 24.5 Å². The molecule has 11 heteroatoms. The topological polar surface area (TPSA) is 160 Å². The summed E-state index contributed by atoms with van der Waals surface area (Å²) in [6, 6.07) is 2.74. The number of hydrogen-bond acceptors (Lipinski definition) is 7. The molecule has 5 atom stereocenters. The van der Waals surface area contributed by atoms with Crippen molar-refractivity contribution in [3.63, 3.8) is 0 Å². The van der Waals surface area contributed by atoms with Gasteiger partial charge in [-0.25, -0.2) is 4.79 Å². The molecular formula is C11H14NO9P. The fourth-order valence-electron chi connectivity index (χ4n) is 2.06. The number of phosphoric acid groups is 1. The van der Waals surface area contributed by atoms with Crippen LogP contribution in [0.25, 0.3) is 0 Å². The van der Waals surface area contributed by atoms with Gasteiger partial charge in [-0.05, 0) is 6.07 Å². The third-order valence-electron chi connectivity index (χ3n) is 3.10. The lowest BCUT2D eigenvalue weighted by Gasteiger charge is -2.19. The summed E-state index contributed by atoms with van der Waals surface area (Å²) in [7, 11) is -4.98. The lowest BCUT2D eigenvalue weighted by Crippen LogP contribution is -2.46. The SMILES string of the molecule is O=C(O)c1ccc[n+]([C@H]2O[C@@H](COP(=O)([O-])O)[C@H](O)[C@@H]2O)c1. The van der Waals surface area contributed by atoms with E-state index in [-0.39, 0.29) is 5.56 Å². The molecule has 0 radical (unpaired) electrons. The van der Waals surface area contributed by atoms with Crippen LogP contribution in [0.2, 0.25) is 0 Å². The van der Waals surface area contributed by atoms with Crippen LogP contribution >= 0.6 is 7.82 Å². The molecule has 2 rings (SSSR count). The maximum atomic E-state index is 10.9. The fourth-order valence-corrected chi connectivity index (χ4v) is 2.39. The molecule has 122 valence electrons. The summed E-state index contributed by atoms with van der Waals surface area (Å²) in [4.78, 5) is 30.0. The van der Waals surface area contributed by atoms with E-state index in [1.807, 2.05) is 0 Å². The van der Waals surface area contributed by atoms with Crippen molar-refractivity contribution < 1.29 is 48.3 Å². The lowest BCUT2D eigenvalue weighted by atomic mass is 10.1. The molecule has 22 heavy (non-hydrogen) atoms. The molecule has 1 fully saturated rings. The van der Waals surface area contributed by atoms with Crippen molar-refractivity contribution in [2.75, 3.05) is 6.61 Å². The Morgan fingerprint density at radius 3 is 2.73 bits per heavy atom. The molecule has 1 aliphatic rings. The number of carboxylic acids is 1. The van der Waals surface area contributed by atoms with Crippen molar-refractivity contribution in [3.05, 3.63) is 30.1 Å². The van der Waals surface area contributed by atoms with Gasteiger partial charge in [0.15, 0.2) is 18.5 Å². The first-order valence-corrected chi connectivity index (χ1v) is 7.62. The van der Waals surface area contributed by atoms with E-state index in [2.05, 4.69) is 4.52 Å². The number of rotatable bonds is 5. The molecule has 0 bridgehead atoms. The lowest BCUT2D eigenvalue weighted by molar-refractivity contribution is -0.765. The van der Waals surface area contributed by atoms with Crippen LogP contribution in [0.4, 0.5) is 0 Å². The number of pyridine rings is 1. The number of phosphoric ester groups is 1. The minimum absolute atomic E-state index is 0.0630. The average Bonchev–Trinajstić information content (AvgIpc) is 2.72. The van der Waals surface area contributed by atoms with Gasteiger partial charge in [0.2, 0.25) is 0 Å². The highest BCUT2D eigenvalue weighted by atomic mass is 31.2. The molecule has 1 aromatic heterocycles. The minimum Gasteiger partial charge on any atom is -0.756 e. The zero-order valence-electron chi connectivity index (χ0n) is 11.1. The molecule has 10 nitrogen and oxygen atoms in total. The van der Waals surface area contributed by atoms with Crippen LogP contribution in [-0.2, 0) is 13.8 Å². The van der Waals surface area contributed by atoms with Crippen LogP contribution in [0.3, 0.4) is 0 Å². The number of nitrogens with zero attached hydrogens (tertiary/aromatic N) is 1. The van der Waals surface area contributed by atoms with E-state index in [1.165, 1.54) is 29.1 Å². The van der Waals surface area contributed by atoms with E-state index in [0.717, 1.165) is 0 Å². The smallest absolute Gasteiger partial charge is 0.341 e. The summed E-state index contributed by atoms with van der Waals surface area (Å²) in [6.45, 7) is -0.689. The van der Waals surface area contributed by atoms with Crippen molar-refractivity contribution in [1.29, 1.82) is 0 Å². The zero-order valence-corrected chi connectivity index (χ0v) is 11.9. The minimum atomic E-state index is -4.98. The Balaban J connectivity index is 2.14. The summed E-state index contributed by atoms with van der Waals surface area (Å²) < 4.78 is 21.2. The van der Waals surface area contributed by atoms with E-state index >= 15 is 0 Å². The number of hydrogen-bond donors (Lipinski definition) is 4. The maximum absolute atomic E-state index is 10.9. The number of carboxylic acid groups (broad SMARTS) is 1. The summed E-state index contributed by atoms with van der Waals surface area (Å²) in [5, 5.41) is 28.7. The highest BCUT2D eigenvalue weighted by molar-refractivity contribution is 7.44. The second kappa shape index (κ2) is 6.39. The Labute approximate surface area is 124 Å². The number of aromatic carboxylic acids is 1. The second-order valence-corrected chi connectivity index (χ2v) is 5.85. The molecule has 0 spiro atoms. The first-order valence-electron chi connectivity index (χ1n) is 6.13. The van der Waals surface area contributed by atoms with Crippen molar-refractivity contribution >= 4 is 13.8 Å². The second-order valence-electron chi connectivity index (χ2n) is 4.66. The van der Waals surface area contributed by atoms with E-state index < -0.39 is 44.9 Å². The molecule has 1 unspecified atom stereocenters. The highest BCUT2D eigenvalue weighted by Crippen LogP contribution is 2.33. The molecule has 1 saturated heterocycles. The fraction of sp³-hybridized carbons (Fsp3) is 0.455. The summed E-state index contributed by atoms with van der Waals surface area (Å²) in [6.07, 6.45) is -2.65. The Kier molecular flexibility index (Phi) is 4.93. The molecule has 0 aromatic carbocycles. The van der Waals surface area contributed by atoms with Gasteiger partial charge in [0.05, 0.1) is 6.61 Å². The summed E-state index contributed by atoms with van der Waals surface area (Å²) >= 11 is 0. The van der Waals surface area contributed by atoms with Gasteiger partial charge >= 0.3 is 5.97 Å². The van der Waals surface area contributed by atoms with Gasteiger partial charge in [-0.1, -0.05) is 0 Å². The van der Waals surface area contributed by atoms with Crippen LogP contribution in [0.1, 0.15) is 16.6 Å². The van der Waals surface area contributed by atoms with Crippen LogP contribution in [0.15, 0.2) is 24.5 Å². The number of ether oxygens (including phenoxy) is 1. The molecule has 0 amide bonds. The van der Waals surface area contributed by atoms with E-state index in [0.29, 0.717) is 0 Å². The van der Waals surface area contributed by atoms with Crippen molar-refractivity contribution in [1.82, 2.24) is 0 Å². The van der Waals surface area contributed by atoms with Crippen LogP contribution < -0.4 is 9.46 Å². The van der Waals surface area contributed by atoms with E-state index in [1.54, 1.807) is 0 Å². The van der Waals surface area contributed by atoms with Gasteiger partial charge in [-0.15, -0.1) is 0 Å². The monoisotopic (exact) mass is 335 g/mol. The molecule has 2 heterocycles. The van der Waals surface area contributed by atoms with Crippen molar-refractivity contribution in [3.8, 4) is 0 Å². The van der Waals surface area contributed by atoms with Gasteiger partial charge in [-0.2, -0.15) is 4.57 Å². The third kappa shape index (κ3) is 3.87. The normalized spacial score (nSPS) is 30.9. The van der Waals surface area contributed by atoms with Gasteiger partial charge in [0, 0.05) is 6.07 Å². The molecular weight excluding hydrogens is 321 g/mol. The molecule has 0 saturated carbocycles. The Morgan fingerprint density at radius 2 is 2.14 bits per heavy atom. The zero-order chi connectivity index (χ0) is 16.5. The third-order valence-corrected chi connectivity index (χ3v) is 3.58. The Morgan fingerprint density at radius 1 is 1.45 bits per heavy atom. The van der Waals surface area contributed by atoms with Crippen LogP contribution in [0.5, 0.6) is 0 Å². The summed E-state index contributed by atoms with van der Waals surface area (Å²) in [5.74, 6) is -1.19. The van der Waals surface area contributed by atoms with Gasteiger partial charge < -0.3 is 34.4 Å². The largest absolute Gasteiger partial charge is 0.756 e. The van der Waals surface area contributed by atoms with E-state index in [9.17, 15) is 24.5 Å². The predicted octanol–water partition coefficient (Wildman–Crippen LogP) is -2.23. The van der Waals surface area contributed by atoms with Crippen molar-refractivity contribution in [2.24, 2.45) is 0 Å². The Hall–Kier alpha value is -1.39. The summed E-state index contributed by atoms with van der Waals surface area (Å²) in [5.41, 5.74) is -0.0630. The quantitative estimate of drug-likeness (QED) is 0.345. The maximum Gasteiger partial charge on any atom is 0.341 e. The van der Waals surface area contributed by atoms with Gasteiger partial charge in [0.25, 0.3) is 14.1 Å². The van der Waals surface area contributed by atoms with Crippen LogP contribution in [-0.4, -0.2) is 51.1 Å². The molecule has 0 aliphatic carbocycles. The van der Waals surface area contributed by atoms with Gasteiger partial charge in [-0.3, -0.25) is 4.57 Å². The molecule has 1 aromatic rings. The average molecular weight is 335 g/mol. The van der Waals surface area contributed by atoms with E-state index in [4.69, 9.17) is 14.7 Å². The standard InChI is InChI=1S/C11H14NO9P/c13-8-7(5-20-22(17,18)19)21-10(9(8)14)12-3-1-2-6(4-12)11(15)16/h1-4,7-10,13-14H,5H2,(H2-,15,16,17,18,19)/t7-,8-,9-,10-/m0/s1. The predicted molar refractivity (Wildman–Crippen MR) is 65.3 cm³/mol. The highest BCUT2D eigenvalue weighted by Gasteiger charge is 2.48. The Bertz CT molecular complexity index is 603.